The second-order valence-corrected chi connectivity index (χ2v) is 4.33. The molecule has 0 saturated carbocycles. The molecule has 18 heavy (non-hydrogen) atoms. The largest absolute Gasteiger partial charge is 0.394 e. The highest BCUT2D eigenvalue weighted by Gasteiger charge is 2.13. The first-order valence-corrected chi connectivity index (χ1v) is 5.98. The highest BCUT2D eigenvalue weighted by atomic mass is 16.3. The number of hydrogen-bond donors (Lipinski definition) is 2. The number of nitrogens with two attached hydrogens (primary N) is 1. The van der Waals surface area contributed by atoms with E-state index in [1.165, 1.54) is 11.1 Å². The molecule has 0 atom stereocenters. The second-order valence-electron chi connectivity index (χ2n) is 4.33. The minimum atomic E-state index is 0.0330. The fourth-order valence-electron chi connectivity index (χ4n) is 1.94. The predicted molar refractivity (Wildman–Crippen MR) is 69.9 cm³/mol. The van der Waals surface area contributed by atoms with Crippen molar-refractivity contribution in [3.63, 3.8) is 0 Å². The van der Waals surface area contributed by atoms with Crippen LogP contribution in [0.2, 0.25) is 0 Å². The lowest BCUT2D eigenvalue weighted by molar-refractivity contribution is 0.269. The van der Waals surface area contributed by atoms with Crippen molar-refractivity contribution in [2.75, 3.05) is 6.61 Å². The lowest BCUT2D eigenvalue weighted by Gasteiger charge is -2.08. The van der Waals surface area contributed by atoms with Gasteiger partial charge in [0, 0.05) is 12.1 Å². The first-order valence-electron chi connectivity index (χ1n) is 5.98. The predicted octanol–water partition coefficient (Wildman–Crippen LogP) is 1.01. The standard InChI is InChI=1S/C13H18N4O/c1-9-3-4-11(7-10(9)2)13-12(8-14)15-16-17(13)5-6-18/h3-4,7,18H,5-6,8,14H2,1-2H3. The number of benzene rings is 1. The molecule has 96 valence electrons. The second kappa shape index (κ2) is 5.29. The molecule has 0 fully saturated rings. The third-order valence-corrected chi connectivity index (χ3v) is 3.09. The maximum Gasteiger partial charge on any atom is 0.104 e. The molecule has 0 saturated heterocycles. The topological polar surface area (TPSA) is 77.0 Å². The van der Waals surface area contributed by atoms with E-state index < -0.39 is 0 Å². The molecule has 0 bridgehead atoms. The molecule has 0 aliphatic heterocycles. The van der Waals surface area contributed by atoms with Crippen LogP contribution in [0.5, 0.6) is 0 Å². The number of nitrogens with zero attached hydrogens (tertiary/aromatic N) is 3. The average molecular weight is 246 g/mol. The molecule has 5 nitrogen and oxygen atoms in total. The van der Waals surface area contributed by atoms with Gasteiger partial charge in [-0.3, -0.25) is 0 Å². The summed E-state index contributed by atoms with van der Waals surface area (Å²) in [6, 6.07) is 6.20. The zero-order chi connectivity index (χ0) is 13.1. The van der Waals surface area contributed by atoms with Gasteiger partial charge in [-0.15, -0.1) is 5.10 Å². The zero-order valence-electron chi connectivity index (χ0n) is 10.7. The molecule has 5 heteroatoms. The van der Waals surface area contributed by atoms with Crippen LogP contribution in [0.1, 0.15) is 16.8 Å². The Hall–Kier alpha value is -1.72. The van der Waals surface area contributed by atoms with E-state index >= 15 is 0 Å². The van der Waals surface area contributed by atoms with Crippen LogP contribution in [-0.4, -0.2) is 26.7 Å². The normalized spacial score (nSPS) is 10.9. The van der Waals surface area contributed by atoms with Crippen molar-refractivity contribution in [1.82, 2.24) is 15.0 Å². The Morgan fingerprint density at radius 1 is 1.28 bits per heavy atom. The van der Waals surface area contributed by atoms with E-state index in [-0.39, 0.29) is 6.61 Å². The molecule has 3 N–H and O–H groups in total. The van der Waals surface area contributed by atoms with Crippen LogP contribution in [0.3, 0.4) is 0 Å². The highest BCUT2D eigenvalue weighted by molar-refractivity contribution is 5.63. The van der Waals surface area contributed by atoms with Crippen LogP contribution in [0, 0.1) is 13.8 Å². The maximum absolute atomic E-state index is 9.05. The minimum Gasteiger partial charge on any atom is -0.394 e. The Balaban J connectivity index is 2.53. The van der Waals surface area contributed by atoms with Gasteiger partial charge in [0.05, 0.1) is 18.8 Å². The van der Waals surface area contributed by atoms with Gasteiger partial charge >= 0.3 is 0 Å². The van der Waals surface area contributed by atoms with Crippen LogP contribution >= 0.6 is 0 Å². The fourth-order valence-corrected chi connectivity index (χ4v) is 1.94. The van der Waals surface area contributed by atoms with Crippen LogP contribution in [-0.2, 0) is 13.1 Å². The molecule has 0 aliphatic rings. The van der Waals surface area contributed by atoms with Gasteiger partial charge in [0.25, 0.3) is 0 Å². The van der Waals surface area contributed by atoms with Crippen LogP contribution in [0.4, 0.5) is 0 Å². The number of hydrogen-bond acceptors (Lipinski definition) is 4. The Morgan fingerprint density at radius 3 is 2.67 bits per heavy atom. The summed E-state index contributed by atoms with van der Waals surface area (Å²) in [6.07, 6.45) is 0. The van der Waals surface area contributed by atoms with Crippen LogP contribution < -0.4 is 5.73 Å². The van der Waals surface area contributed by atoms with Gasteiger partial charge in [0.2, 0.25) is 0 Å². The van der Waals surface area contributed by atoms with E-state index in [0.29, 0.717) is 13.1 Å². The van der Waals surface area contributed by atoms with Crippen molar-refractivity contribution < 1.29 is 5.11 Å². The molecule has 2 rings (SSSR count). The number of aliphatic hydroxyl groups excluding tert-OH is 1. The zero-order valence-corrected chi connectivity index (χ0v) is 10.7. The molecule has 0 spiro atoms. The van der Waals surface area contributed by atoms with Crippen molar-refractivity contribution in [2.24, 2.45) is 5.73 Å². The summed E-state index contributed by atoms with van der Waals surface area (Å²) in [6.45, 7) is 4.95. The van der Waals surface area contributed by atoms with E-state index in [4.69, 9.17) is 10.8 Å². The van der Waals surface area contributed by atoms with E-state index in [0.717, 1.165) is 17.0 Å². The maximum atomic E-state index is 9.05. The molecule has 0 aliphatic carbocycles. The lowest BCUT2D eigenvalue weighted by Crippen LogP contribution is -2.07. The molecule has 2 aromatic rings. The smallest absolute Gasteiger partial charge is 0.104 e. The van der Waals surface area contributed by atoms with Crippen molar-refractivity contribution in [3.05, 3.63) is 35.0 Å². The van der Waals surface area contributed by atoms with E-state index in [2.05, 4.69) is 36.3 Å². The van der Waals surface area contributed by atoms with E-state index in [9.17, 15) is 0 Å². The number of aryl methyl sites for hydroxylation is 2. The molecule has 0 radical (unpaired) electrons. The quantitative estimate of drug-likeness (QED) is 0.844. The molecule has 1 aromatic carbocycles. The summed E-state index contributed by atoms with van der Waals surface area (Å²) in [4.78, 5) is 0. The van der Waals surface area contributed by atoms with Crippen molar-refractivity contribution in [1.29, 1.82) is 0 Å². The van der Waals surface area contributed by atoms with Crippen molar-refractivity contribution in [2.45, 2.75) is 26.9 Å². The van der Waals surface area contributed by atoms with Gasteiger partial charge in [-0.2, -0.15) is 0 Å². The van der Waals surface area contributed by atoms with Gasteiger partial charge in [-0.1, -0.05) is 17.3 Å². The van der Waals surface area contributed by atoms with Crippen LogP contribution in [0.15, 0.2) is 18.2 Å². The van der Waals surface area contributed by atoms with Gasteiger partial charge in [0.15, 0.2) is 0 Å². The molecular formula is C13H18N4O. The van der Waals surface area contributed by atoms with Crippen LogP contribution in [0.25, 0.3) is 11.3 Å². The first-order chi connectivity index (χ1) is 8.67. The first kappa shape index (κ1) is 12.7. The number of rotatable bonds is 4. The van der Waals surface area contributed by atoms with Gasteiger partial charge < -0.3 is 10.8 Å². The summed E-state index contributed by atoms with van der Waals surface area (Å²) in [5.74, 6) is 0. The van der Waals surface area contributed by atoms with E-state index in [1.807, 2.05) is 6.07 Å². The molecule has 1 aromatic heterocycles. The Bertz CT molecular complexity index is 548. The highest BCUT2D eigenvalue weighted by Crippen LogP contribution is 2.24. The molecule has 0 unspecified atom stereocenters. The number of aliphatic hydroxyl groups is 1. The Kier molecular flexibility index (Phi) is 3.74. The average Bonchev–Trinajstić information content (AvgIpc) is 2.76. The third kappa shape index (κ3) is 2.27. The third-order valence-electron chi connectivity index (χ3n) is 3.09. The summed E-state index contributed by atoms with van der Waals surface area (Å²) >= 11 is 0. The summed E-state index contributed by atoms with van der Waals surface area (Å²) in [7, 11) is 0. The summed E-state index contributed by atoms with van der Waals surface area (Å²) < 4.78 is 1.70. The van der Waals surface area contributed by atoms with Crippen molar-refractivity contribution >= 4 is 0 Å². The fraction of sp³-hybridized carbons (Fsp3) is 0.385. The monoisotopic (exact) mass is 246 g/mol. The van der Waals surface area contributed by atoms with E-state index in [1.54, 1.807) is 4.68 Å². The SMILES string of the molecule is Cc1ccc(-c2c(CN)nnn2CCO)cc1C. The van der Waals surface area contributed by atoms with Crippen molar-refractivity contribution in [3.8, 4) is 11.3 Å². The molecule has 0 amide bonds. The Labute approximate surface area is 106 Å². The minimum absolute atomic E-state index is 0.0330. The molecular weight excluding hydrogens is 228 g/mol. The van der Waals surface area contributed by atoms with Gasteiger partial charge in [-0.25, -0.2) is 4.68 Å². The van der Waals surface area contributed by atoms with Gasteiger partial charge in [0.1, 0.15) is 5.69 Å². The summed E-state index contributed by atoms with van der Waals surface area (Å²) in [5, 5.41) is 17.1. The molecule has 1 heterocycles. The number of aromatic nitrogens is 3. The lowest BCUT2D eigenvalue weighted by atomic mass is 10.0. The summed E-state index contributed by atoms with van der Waals surface area (Å²) in [5.41, 5.74) is 10.8. The van der Waals surface area contributed by atoms with Gasteiger partial charge in [-0.05, 0) is 31.0 Å². The Morgan fingerprint density at radius 2 is 2.06 bits per heavy atom.